The number of fused-ring (bicyclic) bond motifs is 1. The summed E-state index contributed by atoms with van der Waals surface area (Å²) in [5.74, 6) is 1.09. The highest BCUT2D eigenvalue weighted by molar-refractivity contribution is 5.82. The van der Waals surface area contributed by atoms with Crippen molar-refractivity contribution >= 4 is 23.0 Å². The van der Waals surface area contributed by atoms with Gasteiger partial charge in [-0.1, -0.05) is 30.3 Å². The van der Waals surface area contributed by atoms with Crippen LogP contribution in [-0.4, -0.2) is 56.2 Å². The van der Waals surface area contributed by atoms with Crippen molar-refractivity contribution in [1.82, 2.24) is 24.4 Å². The van der Waals surface area contributed by atoms with E-state index in [4.69, 9.17) is 13.9 Å². The predicted molar refractivity (Wildman–Crippen MR) is 124 cm³/mol. The lowest BCUT2D eigenvalue weighted by Gasteiger charge is -2.38. The number of benzene rings is 1. The van der Waals surface area contributed by atoms with Crippen molar-refractivity contribution in [1.29, 1.82) is 0 Å². The monoisotopic (exact) mass is 462 g/mol. The Labute approximate surface area is 196 Å². The molecule has 4 aromatic rings. The summed E-state index contributed by atoms with van der Waals surface area (Å²) in [4.78, 5) is 27.1. The van der Waals surface area contributed by atoms with E-state index >= 15 is 0 Å². The Morgan fingerprint density at radius 1 is 1.15 bits per heavy atom. The maximum Gasteiger partial charge on any atom is 0.302 e. The van der Waals surface area contributed by atoms with Gasteiger partial charge >= 0.3 is 5.97 Å². The molecule has 10 nitrogen and oxygen atoms in total. The summed E-state index contributed by atoms with van der Waals surface area (Å²) >= 11 is 0. The van der Waals surface area contributed by atoms with E-state index in [-0.39, 0.29) is 24.9 Å². The van der Waals surface area contributed by atoms with Crippen LogP contribution in [0, 0.1) is 0 Å². The van der Waals surface area contributed by atoms with E-state index in [1.807, 2.05) is 34.9 Å². The Bertz CT molecular complexity index is 1230. The standard InChI is InChI=1S/C24H26N6O4/c1-17(31)33-14-20-12-29(11-18-6-3-2-4-7-18)13-21(34-20)30-16-28-22-23(26-15-27-24(22)30)25-10-19-8-5-9-32-19/h2-9,15-16,20-21H,10-14H2,1H3,(H,25,26,27)/t20-,21+/m0/s1. The highest BCUT2D eigenvalue weighted by Gasteiger charge is 2.31. The van der Waals surface area contributed by atoms with Crippen LogP contribution in [-0.2, 0) is 27.4 Å². The van der Waals surface area contributed by atoms with Gasteiger partial charge in [-0.25, -0.2) is 15.0 Å². The number of carbonyl (C=O) groups is 1. The van der Waals surface area contributed by atoms with Crippen molar-refractivity contribution in [2.24, 2.45) is 0 Å². The molecule has 0 unspecified atom stereocenters. The largest absolute Gasteiger partial charge is 0.467 e. The maximum atomic E-state index is 11.4. The normalized spacial score (nSPS) is 18.7. The van der Waals surface area contributed by atoms with Crippen LogP contribution in [0.15, 0.2) is 65.8 Å². The third kappa shape index (κ3) is 5.08. The van der Waals surface area contributed by atoms with Gasteiger partial charge in [-0.05, 0) is 17.7 Å². The molecule has 1 N–H and O–H groups in total. The minimum atomic E-state index is -0.351. The molecule has 176 valence electrons. The number of rotatable bonds is 8. The van der Waals surface area contributed by atoms with Crippen molar-refractivity contribution in [3.63, 3.8) is 0 Å². The van der Waals surface area contributed by atoms with Gasteiger partial charge in [0.25, 0.3) is 0 Å². The molecule has 0 amide bonds. The number of furan rings is 1. The number of nitrogens with one attached hydrogen (secondary N) is 1. The molecule has 0 saturated carbocycles. The van der Waals surface area contributed by atoms with Gasteiger partial charge < -0.3 is 19.2 Å². The Balaban J connectivity index is 1.38. The predicted octanol–water partition coefficient (Wildman–Crippen LogP) is 2.99. The van der Waals surface area contributed by atoms with E-state index in [2.05, 4.69) is 37.3 Å². The molecule has 0 aliphatic carbocycles. The van der Waals surface area contributed by atoms with E-state index in [9.17, 15) is 4.79 Å². The van der Waals surface area contributed by atoms with Gasteiger partial charge in [-0.3, -0.25) is 14.3 Å². The minimum Gasteiger partial charge on any atom is -0.467 e. The SMILES string of the molecule is CC(=O)OC[C@@H]1CN(Cc2ccccc2)C[C@H](n2cnc3c(NCc4ccco4)ncnc32)O1. The fourth-order valence-electron chi connectivity index (χ4n) is 4.09. The van der Waals surface area contributed by atoms with Crippen molar-refractivity contribution in [2.45, 2.75) is 32.3 Å². The van der Waals surface area contributed by atoms with Gasteiger partial charge in [-0.2, -0.15) is 0 Å². The quantitative estimate of drug-likeness (QED) is 0.395. The first-order valence-corrected chi connectivity index (χ1v) is 11.1. The van der Waals surface area contributed by atoms with E-state index in [1.165, 1.54) is 18.8 Å². The van der Waals surface area contributed by atoms with Crippen LogP contribution in [0.2, 0.25) is 0 Å². The molecule has 0 bridgehead atoms. The zero-order valence-corrected chi connectivity index (χ0v) is 18.8. The van der Waals surface area contributed by atoms with E-state index in [1.54, 1.807) is 12.6 Å². The van der Waals surface area contributed by atoms with Gasteiger partial charge in [0.15, 0.2) is 17.0 Å². The van der Waals surface area contributed by atoms with Crippen molar-refractivity contribution < 1.29 is 18.7 Å². The van der Waals surface area contributed by atoms with E-state index in [0.717, 1.165) is 12.3 Å². The first kappa shape index (κ1) is 22.1. The number of anilines is 1. The molecule has 1 aromatic carbocycles. The molecule has 10 heteroatoms. The molecule has 0 radical (unpaired) electrons. The van der Waals surface area contributed by atoms with Gasteiger partial charge in [0.2, 0.25) is 0 Å². The van der Waals surface area contributed by atoms with Crippen LogP contribution in [0.3, 0.4) is 0 Å². The molecule has 5 rings (SSSR count). The van der Waals surface area contributed by atoms with Gasteiger partial charge in [0.1, 0.15) is 31.0 Å². The number of hydrogen-bond acceptors (Lipinski definition) is 9. The first-order chi connectivity index (χ1) is 16.7. The Morgan fingerprint density at radius 2 is 2.03 bits per heavy atom. The third-order valence-corrected chi connectivity index (χ3v) is 5.63. The number of ether oxygens (including phenoxy) is 2. The lowest BCUT2D eigenvalue weighted by Crippen LogP contribution is -2.47. The minimum absolute atomic E-state index is 0.189. The molecule has 1 fully saturated rings. The second-order valence-corrected chi connectivity index (χ2v) is 8.17. The molecular weight excluding hydrogens is 436 g/mol. The summed E-state index contributed by atoms with van der Waals surface area (Å²) in [6.07, 6.45) is 4.23. The molecule has 0 spiro atoms. The lowest BCUT2D eigenvalue weighted by atomic mass is 10.2. The summed E-state index contributed by atoms with van der Waals surface area (Å²) in [6.45, 7) is 4.12. The molecule has 1 saturated heterocycles. The summed E-state index contributed by atoms with van der Waals surface area (Å²) in [5.41, 5.74) is 2.51. The van der Waals surface area contributed by atoms with Crippen molar-refractivity contribution in [2.75, 3.05) is 25.0 Å². The lowest BCUT2D eigenvalue weighted by molar-refractivity contribution is -0.162. The smallest absolute Gasteiger partial charge is 0.302 e. The van der Waals surface area contributed by atoms with Gasteiger partial charge in [0, 0.05) is 26.6 Å². The maximum absolute atomic E-state index is 11.4. The van der Waals surface area contributed by atoms with Crippen molar-refractivity contribution in [3.05, 3.63) is 72.7 Å². The average molecular weight is 463 g/mol. The highest BCUT2D eigenvalue weighted by Crippen LogP contribution is 2.27. The Hall–Kier alpha value is -3.76. The summed E-state index contributed by atoms with van der Waals surface area (Å²) in [6, 6.07) is 14.0. The number of aromatic nitrogens is 4. The summed E-state index contributed by atoms with van der Waals surface area (Å²) < 4.78 is 18.9. The fraction of sp³-hybridized carbons (Fsp3) is 0.333. The molecule has 34 heavy (non-hydrogen) atoms. The second kappa shape index (κ2) is 10.0. The van der Waals surface area contributed by atoms with Gasteiger partial charge in [0.05, 0.1) is 19.1 Å². The van der Waals surface area contributed by atoms with Crippen LogP contribution in [0.1, 0.15) is 24.5 Å². The Kier molecular flexibility index (Phi) is 6.50. The zero-order chi connectivity index (χ0) is 23.3. The van der Waals surface area contributed by atoms with Crippen molar-refractivity contribution in [3.8, 4) is 0 Å². The molecule has 4 heterocycles. The molecule has 1 aliphatic heterocycles. The van der Waals surface area contributed by atoms with Gasteiger partial charge in [-0.15, -0.1) is 0 Å². The highest BCUT2D eigenvalue weighted by atomic mass is 16.6. The second-order valence-electron chi connectivity index (χ2n) is 8.17. The zero-order valence-electron chi connectivity index (χ0n) is 18.8. The number of imidazole rings is 1. The number of hydrogen-bond donors (Lipinski definition) is 1. The van der Waals surface area contributed by atoms with E-state index < -0.39 is 0 Å². The van der Waals surface area contributed by atoms with Crippen LogP contribution >= 0.6 is 0 Å². The van der Waals surface area contributed by atoms with Crippen LogP contribution in [0.5, 0.6) is 0 Å². The molecular formula is C24H26N6O4. The number of esters is 1. The average Bonchev–Trinajstić information content (AvgIpc) is 3.52. The number of morpholine rings is 1. The topological polar surface area (TPSA) is 108 Å². The summed E-state index contributed by atoms with van der Waals surface area (Å²) in [5, 5.41) is 3.26. The molecule has 3 aromatic heterocycles. The number of carbonyl (C=O) groups excluding carboxylic acids is 1. The third-order valence-electron chi connectivity index (χ3n) is 5.63. The molecule has 2 atom stereocenters. The Morgan fingerprint density at radius 3 is 2.82 bits per heavy atom. The van der Waals surface area contributed by atoms with E-state index in [0.29, 0.717) is 36.6 Å². The fourth-order valence-corrected chi connectivity index (χ4v) is 4.09. The number of nitrogens with zero attached hydrogens (tertiary/aromatic N) is 5. The van der Waals surface area contributed by atoms with Crippen LogP contribution < -0.4 is 5.32 Å². The van der Waals surface area contributed by atoms with Crippen LogP contribution in [0.25, 0.3) is 11.2 Å². The molecule has 1 aliphatic rings. The summed E-state index contributed by atoms with van der Waals surface area (Å²) in [7, 11) is 0. The first-order valence-electron chi connectivity index (χ1n) is 11.1. The van der Waals surface area contributed by atoms with Crippen LogP contribution in [0.4, 0.5) is 5.82 Å².